The maximum atomic E-state index is 14.0. The maximum Gasteiger partial charge on any atom is 0.131 e. The molecule has 20 heavy (non-hydrogen) atoms. The molecule has 1 unspecified atom stereocenters. The Hall–Kier alpha value is -0.490. The van der Waals surface area contributed by atoms with Gasteiger partial charge < -0.3 is 5.32 Å². The Morgan fingerprint density at radius 3 is 2.65 bits per heavy atom. The third-order valence-corrected chi connectivity index (χ3v) is 5.36. The van der Waals surface area contributed by atoms with Crippen molar-refractivity contribution < 1.29 is 8.78 Å². The molecule has 1 atom stereocenters. The molecule has 1 aromatic heterocycles. The van der Waals surface area contributed by atoms with Crippen molar-refractivity contribution in [1.82, 2.24) is 5.32 Å². The summed E-state index contributed by atoms with van der Waals surface area (Å²) in [6.45, 7) is 2.76. The predicted octanol–water partition coefficient (Wildman–Crippen LogP) is 5.53. The topological polar surface area (TPSA) is 12.0 Å². The molecule has 1 nitrogen and oxygen atoms in total. The average Bonchev–Trinajstić information content (AvgIpc) is 2.72. The lowest BCUT2D eigenvalue weighted by Crippen LogP contribution is -2.23. The van der Waals surface area contributed by atoms with Crippen LogP contribution in [0.4, 0.5) is 8.78 Å². The number of nitrogens with one attached hydrogen (secondary N) is 1. The van der Waals surface area contributed by atoms with E-state index >= 15 is 0 Å². The zero-order valence-electron chi connectivity index (χ0n) is 10.7. The molecule has 1 N–H and O–H groups in total. The van der Waals surface area contributed by atoms with E-state index in [0.29, 0.717) is 9.90 Å². The van der Waals surface area contributed by atoms with Crippen molar-refractivity contribution in [3.63, 3.8) is 0 Å². The van der Waals surface area contributed by atoms with Crippen LogP contribution in [0.5, 0.6) is 0 Å². The van der Waals surface area contributed by atoms with E-state index in [9.17, 15) is 8.78 Å². The van der Waals surface area contributed by atoms with E-state index in [1.165, 1.54) is 23.5 Å². The van der Waals surface area contributed by atoms with Crippen LogP contribution in [0.1, 0.15) is 29.8 Å². The minimum atomic E-state index is -0.578. The summed E-state index contributed by atoms with van der Waals surface area (Å²) in [5.41, 5.74) is 0.422. The third-order valence-electron chi connectivity index (χ3n) is 2.82. The molecule has 0 saturated carbocycles. The number of rotatable bonds is 5. The molecule has 0 aliphatic carbocycles. The molecule has 0 spiro atoms. The number of halogens is 4. The lowest BCUT2D eigenvalue weighted by atomic mass is 10.0. The van der Waals surface area contributed by atoms with Gasteiger partial charge in [-0.1, -0.05) is 24.6 Å². The Balaban J connectivity index is 2.41. The fraction of sp³-hybridized carbons (Fsp3) is 0.286. The van der Waals surface area contributed by atoms with Crippen LogP contribution in [0.3, 0.4) is 0 Å². The predicted molar refractivity (Wildman–Crippen MR) is 83.5 cm³/mol. The van der Waals surface area contributed by atoms with Crippen molar-refractivity contribution in [2.75, 3.05) is 6.54 Å². The Labute approximate surface area is 134 Å². The molecule has 0 aliphatic heterocycles. The Morgan fingerprint density at radius 2 is 2.10 bits per heavy atom. The van der Waals surface area contributed by atoms with Gasteiger partial charge in [0, 0.05) is 21.0 Å². The standard InChI is InChI=1S/C14H13BrClF2NS/c1-2-5-19-13(12-7-10(15)14(16)20-12)9-4-3-8(17)6-11(9)18/h3-4,6-7,13,19H,2,5H2,1H3. The van der Waals surface area contributed by atoms with E-state index in [0.717, 1.165) is 28.4 Å². The number of thiophene rings is 1. The van der Waals surface area contributed by atoms with Crippen molar-refractivity contribution in [2.24, 2.45) is 0 Å². The van der Waals surface area contributed by atoms with Gasteiger partial charge in [-0.3, -0.25) is 0 Å². The average molecular weight is 381 g/mol. The second-order valence-electron chi connectivity index (χ2n) is 4.32. The van der Waals surface area contributed by atoms with Gasteiger partial charge in [0.15, 0.2) is 0 Å². The van der Waals surface area contributed by atoms with Gasteiger partial charge in [-0.15, -0.1) is 11.3 Å². The highest BCUT2D eigenvalue weighted by Gasteiger charge is 2.20. The highest BCUT2D eigenvalue weighted by atomic mass is 79.9. The van der Waals surface area contributed by atoms with Gasteiger partial charge in [0.1, 0.15) is 16.0 Å². The first-order chi connectivity index (χ1) is 9.52. The van der Waals surface area contributed by atoms with E-state index in [1.807, 2.05) is 13.0 Å². The second kappa shape index (κ2) is 6.98. The minimum Gasteiger partial charge on any atom is -0.306 e. The molecule has 1 heterocycles. The summed E-state index contributed by atoms with van der Waals surface area (Å²) in [6, 6.07) is 5.18. The van der Waals surface area contributed by atoms with Crippen molar-refractivity contribution >= 4 is 38.9 Å². The van der Waals surface area contributed by atoms with E-state index in [1.54, 1.807) is 0 Å². The second-order valence-corrected chi connectivity index (χ2v) is 6.86. The van der Waals surface area contributed by atoms with Crippen LogP contribution in [0.25, 0.3) is 0 Å². The third kappa shape index (κ3) is 3.58. The summed E-state index contributed by atoms with van der Waals surface area (Å²) in [7, 11) is 0. The Morgan fingerprint density at radius 1 is 1.35 bits per heavy atom. The monoisotopic (exact) mass is 379 g/mol. The summed E-state index contributed by atoms with van der Waals surface area (Å²) < 4.78 is 28.4. The zero-order valence-corrected chi connectivity index (χ0v) is 13.9. The molecule has 0 bridgehead atoms. The van der Waals surface area contributed by atoms with Gasteiger partial charge in [-0.05, 0) is 41.0 Å². The highest BCUT2D eigenvalue weighted by molar-refractivity contribution is 9.10. The van der Waals surface area contributed by atoms with E-state index in [2.05, 4.69) is 21.2 Å². The van der Waals surface area contributed by atoms with Gasteiger partial charge in [0.25, 0.3) is 0 Å². The van der Waals surface area contributed by atoms with Crippen molar-refractivity contribution in [1.29, 1.82) is 0 Å². The number of hydrogen-bond donors (Lipinski definition) is 1. The van der Waals surface area contributed by atoms with Gasteiger partial charge in [0.2, 0.25) is 0 Å². The zero-order chi connectivity index (χ0) is 14.7. The molecular weight excluding hydrogens is 368 g/mol. The quantitative estimate of drug-likeness (QED) is 0.719. The molecule has 2 rings (SSSR count). The van der Waals surface area contributed by atoms with Gasteiger partial charge in [-0.25, -0.2) is 8.78 Å². The molecule has 0 fully saturated rings. The molecule has 0 amide bonds. The van der Waals surface area contributed by atoms with Gasteiger partial charge in [-0.2, -0.15) is 0 Å². The molecule has 108 valence electrons. The molecule has 0 aliphatic rings. The largest absolute Gasteiger partial charge is 0.306 e. The molecule has 6 heteroatoms. The number of hydrogen-bond acceptors (Lipinski definition) is 2. The summed E-state index contributed by atoms with van der Waals surface area (Å²) in [5, 5.41) is 3.27. The van der Waals surface area contributed by atoms with Crippen LogP contribution in [0.15, 0.2) is 28.7 Å². The van der Waals surface area contributed by atoms with Crippen molar-refractivity contribution in [3.8, 4) is 0 Å². The molecule has 2 aromatic rings. The van der Waals surface area contributed by atoms with E-state index < -0.39 is 11.6 Å². The first kappa shape index (κ1) is 15.9. The van der Waals surface area contributed by atoms with E-state index in [4.69, 9.17) is 11.6 Å². The van der Waals surface area contributed by atoms with Crippen molar-refractivity contribution in [2.45, 2.75) is 19.4 Å². The lowest BCUT2D eigenvalue weighted by molar-refractivity contribution is 0.536. The lowest BCUT2D eigenvalue weighted by Gasteiger charge is -2.18. The molecular formula is C14H13BrClF2NS. The summed E-state index contributed by atoms with van der Waals surface area (Å²) in [6.07, 6.45) is 0.916. The van der Waals surface area contributed by atoms with Crippen LogP contribution in [0.2, 0.25) is 4.34 Å². The van der Waals surface area contributed by atoms with Crippen LogP contribution >= 0.6 is 38.9 Å². The fourth-order valence-electron chi connectivity index (χ4n) is 1.89. The molecule has 0 saturated heterocycles. The minimum absolute atomic E-state index is 0.329. The van der Waals surface area contributed by atoms with Crippen LogP contribution in [-0.2, 0) is 0 Å². The first-order valence-electron chi connectivity index (χ1n) is 6.16. The maximum absolute atomic E-state index is 14.0. The summed E-state index contributed by atoms with van der Waals surface area (Å²) in [4.78, 5) is 0.890. The van der Waals surface area contributed by atoms with Gasteiger partial charge in [0.05, 0.1) is 6.04 Å². The van der Waals surface area contributed by atoms with Crippen molar-refractivity contribution in [3.05, 3.63) is 55.1 Å². The SMILES string of the molecule is CCCNC(c1cc(Br)c(Cl)s1)c1ccc(F)cc1F. The summed E-state index contributed by atoms with van der Waals surface area (Å²) >= 11 is 10.8. The van der Waals surface area contributed by atoms with Crippen LogP contribution in [-0.4, -0.2) is 6.54 Å². The Kier molecular flexibility index (Phi) is 5.55. The first-order valence-corrected chi connectivity index (χ1v) is 8.14. The Bertz CT molecular complexity index is 583. The van der Waals surface area contributed by atoms with E-state index in [-0.39, 0.29) is 6.04 Å². The normalized spacial score (nSPS) is 12.7. The van der Waals surface area contributed by atoms with Gasteiger partial charge >= 0.3 is 0 Å². The fourth-order valence-corrected chi connectivity index (χ4v) is 3.72. The molecule has 0 radical (unpaired) electrons. The highest BCUT2D eigenvalue weighted by Crippen LogP contribution is 2.38. The van der Waals surface area contributed by atoms with Crippen LogP contribution in [0, 0.1) is 11.6 Å². The van der Waals surface area contributed by atoms with Crippen LogP contribution < -0.4 is 5.32 Å². The smallest absolute Gasteiger partial charge is 0.131 e. The summed E-state index contributed by atoms with van der Waals surface area (Å²) in [5.74, 6) is -1.13. The number of benzene rings is 1. The molecule has 1 aromatic carbocycles.